The monoisotopic (exact) mass is 429 g/mol. The highest BCUT2D eigenvalue weighted by Gasteiger charge is 2.28. The summed E-state index contributed by atoms with van der Waals surface area (Å²) in [6.07, 6.45) is 2.18. The molecule has 1 unspecified atom stereocenters. The number of halogens is 2. The Morgan fingerprint density at radius 3 is 2.41 bits per heavy atom. The summed E-state index contributed by atoms with van der Waals surface area (Å²) in [5.74, 6) is 0.101. The molecule has 1 atom stereocenters. The number of hydrogen-bond acceptors (Lipinski definition) is 4. The Kier molecular flexibility index (Phi) is 7.11. The molecular formula is C18H21Cl2N3O3S. The van der Waals surface area contributed by atoms with Gasteiger partial charge in [0.05, 0.1) is 16.1 Å². The van der Waals surface area contributed by atoms with Gasteiger partial charge in [0.25, 0.3) is 15.9 Å². The van der Waals surface area contributed by atoms with Crippen molar-refractivity contribution in [1.29, 1.82) is 0 Å². The Hall–Kier alpha value is -1.80. The third kappa shape index (κ3) is 5.59. The van der Waals surface area contributed by atoms with E-state index in [1.54, 1.807) is 24.3 Å². The summed E-state index contributed by atoms with van der Waals surface area (Å²) in [5.41, 5.74) is 6.45. The molecule has 0 aromatic heterocycles. The molecule has 1 saturated carbocycles. The smallest absolute Gasteiger partial charge is 0.261 e. The van der Waals surface area contributed by atoms with Gasteiger partial charge < -0.3 is 11.1 Å². The van der Waals surface area contributed by atoms with Crippen LogP contribution in [0.1, 0.15) is 23.2 Å². The topological polar surface area (TPSA) is 101 Å². The van der Waals surface area contributed by atoms with Crippen LogP contribution < -0.4 is 15.8 Å². The minimum Gasteiger partial charge on any atom is -0.350 e. The predicted molar refractivity (Wildman–Crippen MR) is 109 cm³/mol. The number of para-hydroxylation sites is 1. The van der Waals surface area contributed by atoms with E-state index in [-0.39, 0.29) is 40.5 Å². The first-order valence-corrected chi connectivity index (χ1v) is 10.1. The van der Waals surface area contributed by atoms with E-state index in [0.29, 0.717) is 17.5 Å². The van der Waals surface area contributed by atoms with Crippen molar-refractivity contribution in [2.45, 2.75) is 23.8 Å². The second kappa shape index (κ2) is 8.93. The Balaban J connectivity index is 0.00000261. The normalized spacial score (nSPS) is 14.7. The summed E-state index contributed by atoms with van der Waals surface area (Å²) in [5, 5.41) is 3.22. The number of carbonyl (C=O) groups excluding carboxylic acids is 1. The van der Waals surface area contributed by atoms with E-state index < -0.39 is 10.0 Å². The molecule has 1 aliphatic rings. The van der Waals surface area contributed by atoms with Crippen LogP contribution in [0.2, 0.25) is 5.02 Å². The summed E-state index contributed by atoms with van der Waals surface area (Å²) in [6.45, 7) is 0.363. The van der Waals surface area contributed by atoms with Crippen molar-refractivity contribution in [3.8, 4) is 0 Å². The number of rotatable bonds is 7. The zero-order valence-electron chi connectivity index (χ0n) is 14.4. The van der Waals surface area contributed by atoms with Gasteiger partial charge in [-0.15, -0.1) is 12.4 Å². The van der Waals surface area contributed by atoms with Gasteiger partial charge in [-0.2, -0.15) is 0 Å². The minimum absolute atomic E-state index is 0. The van der Waals surface area contributed by atoms with Gasteiger partial charge in [-0.1, -0.05) is 23.7 Å². The minimum atomic E-state index is -3.83. The summed E-state index contributed by atoms with van der Waals surface area (Å²) in [7, 11) is -3.83. The van der Waals surface area contributed by atoms with Crippen molar-refractivity contribution in [2.75, 3.05) is 11.3 Å². The van der Waals surface area contributed by atoms with Crippen LogP contribution in [0.4, 0.5) is 5.69 Å². The van der Waals surface area contributed by atoms with Gasteiger partial charge in [-0.25, -0.2) is 8.42 Å². The van der Waals surface area contributed by atoms with Crippen molar-refractivity contribution < 1.29 is 13.2 Å². The second-order valence-electron chi connectivity index (χ2n) is 6.32. The molecule has 4 N–H and O–H groups in total. The number of sulfonamides is 1. The van der Waals surface area contributed by atoms with Gasteiger partial charge in [0.2, 0.25) is 0 Å². The highest BCUT2D eigenvalue weighted by Crippen LogP contribution is 2.31. The number of anilines is 1. The van der Waals surface area contributed by atoms with Gasteiger partial charge in [-0.05, 0) is 55.2 Å². The van der Waals surface area contributed by atoms with Crippen molar-refractivity contribution in [1.82, 2.24) is 5.32 Å². The molecule has 0 spiro atoms. The lowest BCUT2D eigenvalue weighted by molar-refractivity contribution is 0.0951. The lowest BCUT2D eigenvalue weighted by Crippen LogP contribution is -2.38. The molecule has 2 aromatic rings. The number of carbonyl (C=O) groups is 1. The molecule has 2 aromatic carbocycles. The molecule has 0 heterocycles. The van der Waals surface area contributed by atoms with E-state index in [4.69, 9.17) is 17.3 Å². The molecule has 1 amide bonds. The average Bonchev–Trinajstić information content (AvgIpc) is 3.45. The van der Waals surface area contributed by atoms with E-state index in [2.05, 4.69) is 10.0 Å². The van der Waals surface area contributed by atoms with Crippen molar-refractivity contribution >= 4 is 45.6 Å². The van der Waals surface area contributed by atoms with E-state index in [1.165, 1.54) is 24.3 Å². The quantitative estimate of drug-likeness (QED) is 0.629. The molecule has 1 aliphatic carbocycles. The van der Waals surface area contributed by atoms with Crippen LogP contribution in [-0.4, -0.2) is 26.9 Å². The third-order valence-corrected chi connectivity index (χ3v) is 5.90. The van der Waals surface area contributed by atoms with Crippen LogP contribution >= 0.6 is 24.0 Å². The maximum Gasteiger partial charge on any atom is 0.261 e. The highest BCUT2D eigenvalue weighted by atomic mass is 35.5. The molecule has 9 heteroatoms. The lowest BCUT2D eigenvalue weighted by atomic mass is 10.1. The van der Waals surface area contributed by atoms with Crippen LogP contribution in [0, 0.1) is 5.92 Å². The first-order chi connectivity index (χ1) is 12.4. The number of nitrogens with two attached hydrogens (primary N) is 1. The first kappa shape index (κ1) is 21.5. The van der Waals surface area contributed by atoms with E-state index in [1.807, 2.05) is 0 Å². The molecule has 0 aliphatic heterocycles. The van der Waals surface area contributed by atoms with Crippen molar-refractivity contribution in [2.24, 2.45) is 11.7 Å². The van der Waals surface area contributed by atoms with Crippen molar-refractivity contribution in [3.63, 3.8) is 0 Å². The van der Waals surface area contributed by atoms with Gasteiger partial charge in [0, 0.05) is 17.6 Å². The molecule has 146 valence electrons. The molecule has 1 fully saturated rings. The van der Waals surface area contributed by atoms with Gasteiger partial charge >= 0.3 is 0 Å². The van der Waals surface area contributed by atoms with Crippen LogP contribution in [0.3, 0.4) is 0 Å². The largest absolute Gasteiger partial charge is 0.350 e. The standard InChI is InChI=1S/C18H20ClN3O3S.ClH/c19-13-7-9-14(10-8-13)26(24,25)22-17-4-2-1-3-15(17)18(23)21-11-16(20)12-5-6-12;/h1-4,7-10,12,16,22H,5-6,11,20H2,(H,21,23);1H. The fourth-order valence-corrected chi connectivity index (χ4v) is 3.79. The number of hydrogen-bond donors (Lipinski definition) is 3. The lowest BCUT2D eigenvalue weighted by Gasteiger charge is -2.15. The zero-order valence-corrected chi connectivity index (χ0v) is 16.8. The summed E-state index contributed by atoms with van der Waals surface area (Å²) < 4.78 is 27.6. The van der Waals surface area contributed by atoms with E-state index in [9.17, 15) is 13.2 Å². The highest BCUT2D eigenvalue weighted by molar-refractivity contribution is 7.92. The molecule has 0 saturated heterocycles. The maximum atomic E-state index is 12.5. The van der Waals surface area contributed by atoms with E-state index in [0.717, 1.165) is 12.8 Å². The Morgan fingerprint density at radius 2 is 1.78 bits per heavy atom. The van der Waals surface area contributed by atoms with Crippen LogP contribution in [0.5, 0.6) is 0 Å². The SMILES string of the molecule is Cl.NC(CNC(=O)c1ccccc1NS(=O)(=O)c1ccc(Cl)cc1)C1CC1. The second-order valence-corrected chi connectivity index (χ2v) is 8.44. The molecule has 0 radical (unpaired) electrons. The van der Waals surface area contributed by atoms with Crippen LogP contribution in [-0.2, 0) is 10.0 Å². The molecular weight excluding hydrogens is 409 g/mol. The summed E-state index contributed by atoms with van der Waals surface area (Å²) >= 11 is 5.80. The summed E-state index contributed by atoms with van der Waals surface area (Å²) in [4.78, 5) is 12.5. The Labute approximate surface area is 169 Å². The fourth-order valence-electron chi connectivity index (χ4n) is 2.58. The van der Waals surface area contributed by atoms with Crippen LogP contribution in [0.25, 0.3) is 0 Å². The Bertz CT molecular complexity index is 900. The van der Waals surface area contributed by atoms with Gasteiger partial charge in [0.15, 0.2) is 0 Å². The molecule has 27 heavy (non-hydrogen) atoms. The van der Waals surface area contributed by atoms with E-state index >= 15 is 0 Å². The number of benzene rings is 2. The Morgan fingerprint density at radius 1 is 1.15 bits per heavy atom. The maximum absolute atomic E-state index is 12.5. The molecule has 6 nitrogen and oxygen atoms in total. The zero-order chi connectivity index (χ0) is 18.7. The fraction of sp³-hybridized carbons (Fsp3) is 0.278. The van der Waals surface area contributed by atoms with Crippen LogP contribution in [0.15, 0.2) is 53.4 Å². The predicted octanol–water partition coefficient (Wildman–Crippen LogP) is 3.03. The third-order valence-electron chi connectivity index (χ3n) is 4.27. The molecule has 3 rings (SSSR count). The van der Waals surface area contributed by atoms with Gasteiger partial charge in [-0.3, -0.25) is 9.52 Å². The number of amides is 1. The molecule has 0 bridgehead atoms. The number of nitrogens with one attached hydrogen (secondary N) is 2. The van der Waals surface area contributed by atoms with Crippen molar-refractivity contribution in [3.05, 3.63) is 59.1 Å². The summed E-state index contributed by atoms with van der Waals surface area (Å²) in [6, 6.07) is 12.2. The average molecular weight is 430 g/mol. The van der Waals surface area contributed by atoms with Gasteiger partial charge in [0.1, 0.15) is 0 Å². The first-order valence-electron chi connectivity index (χ1n) is 8.28.